The number of nitrogens with one attached hydrogen (secondary N) is 1. The van der Waals surface area contributed by atoms with Gasteiger partial charge in [-0.25, -0.2) is 4.98 Å². The molecule has 0 saturated carbocycles. The molecule has 5 nitrogen and oxygen atoms in total. The monoisotopic (exact) mass is 349 g/mol. The second kappa shape index (κ2) is 8.63. The molecule has 0 spiro atoms. The van der Waals surface area contributed by atoms with Crippen molar-refractivity contribution in [3.63, 3.8) is 0 Å². The number of aromatic nitrogens is 2. The van der Waals surface area contributed by atoms with E-state index >= 15 is 0 Å². The van der Waals surface area contributed by atoms with E-state index < -0.39 is 0 Å². The van der Waals surface area contributed by atoms with Crippen molar-refractivity contribution >= 4 is 22.3 Å². The third kappa shape index (κ3) is 4.70. The molecule has 2 aromatic heterocycles. The number of fused-ring (bicyclic) bond motifs is 1. The Labute approximate surface area is 155 Å². The summed E-state index contributed by atoms with van der Waals surface area (Å²) in [4.78, 5) is 13.1. The highest BCUT2D eigenvalue weighted by Crippen LogP contribution is 2.26. The van der Waals surface area contributed by atoms with Gasteiger partial charge < -0.3 is 15.1 Å². The van der Waals surface area contributed by atoms with Crippen LogP contribution in [0.2, 0.25) is 0 Å². The molecule has 1 aromatic carbocycles. The number of nitrogens with zero attached hydrogens (tertiary/aromatic N) is 4. The standard InChI is InChI=1S/C21H27N5/c1-25(2)15-13-23-19-5-4-18-8-12-24-21(20(18)16-19)26(3)14-9-17-6-10-22-11-7-17/h4-8,10-12,16,23H,9,13-15H2,1-3H3. The molecule has 0 aliphatic rings. The topological polar surface area (TPSA) is 44.3 Å². The van der Waals surface area contributed by atoms with Gasteiger partial charge in [0.2, 0.25) is 0 Å². The lowest BCUT2D eigenvalue weighted by molar-refractivity contribution is 0.425. The van der Waals surface area contributed by atoms with Crippen molar-refractivity contribution in [1.82, 2.24) is 14.9 Å². The van der Waals surface area contributed by atoms with Crippen molar-refractivity contribution in [1.29, 1.82) is 0 Å². The van der Waals surface area contributed by atoms with Crippen molar-refractivity contribution in [3.8, 4) is 0 Å². The predicted octanol–water partition coefficient (Wildman–Crippen LogP) is 3.28. The van der Waals surface area contributed by atoms with Gasteiger partial charge in [0.25, 0.3) is 0 Å². The van der Waals surface area contributed by atoms with Crippen LogP contribution in [0.1, 0.15) is 5.56 Å². The number of likely N-dealkylation sites (N-methyl/N-ethyl adjacent to an activating group) is 2. The second-order valence-electron chi connectivity index (χ2n) is 6.83. The Bertz CT molecular complexity index is 832. The normalized spacial score (nSPS) is 11.1. The quantitative estimate of drug-likeness (QED) is 0.676. The van der Waals surface area contributed by atoms with Gasteiger partial charge in [0.1, 0.15) is 5.82 Å². The molecule has 3 rings (SSSR count). The van der Waals surface area contributed by atoms with E-state index in [0.717, 1.165) is 37.6 Å². The van der Waals surface area contributed by atoms with Crippen LogP contribution in [0.25, 0.3) is 10.8 Å². The Morgan fingerprint density at radius 2 is 1.73 bits per heavy atom. The summed E-state index contributed by atoms with van der Waals surface area (Å²) < 4.78 is 0. The van der Waals surface area contributed by atoms with Crippen molar-refractivity contribution in [3.05, 3.63) is 60.6 Å². The Balaban J connectivity index is 1.75. The minimum atomic E-state index is 0.911. The molecule has 0 atom stereocenters. The lowest BCUT2D eigenvalue weighted by Crippen LogP contribution is -2.22. The molecule has 0 aliphatic carbocycles. The zero-order valence-corrected chi connectivity index (χ0v) is 15.8. The average molecular weight is 349 g/mol. The molecule has 0 amide bonds. The molecule has 5 heteroatoms. The van der Waals surface area contributed by atoms with Crippen LogP contribution in [0, 0.1) is 0 Å². The average Bonchev–Trinajstić information content (AvgIpc) is 2.66. The van der Waals surface area contributed by atoms with E-state index in [9.17, 15) is 0 Å². The van der Waals surface area contributed by atoms with Gasteiger partial charge in [-0.2, -0.15) is 0 Å². The molecule has 26 heavy (non-hydrogen) atoms. The van der Waals surface area contributed by atoms with Gasteiger partial charge in [-0.1, -0.05) is 6.07 Å². The zero-order valence-electron chi connectivity index (χ0n) is 15.8. The number of rotatable bonds is 8. The highest BCUT2D eigenvalue weighted by Gasteiger charge is 2.09. The van der Waals surface area contributed by atoms with E-state index in [0.29, 0.717) is 0 Å². The third-order valence-electron chi connectivity index (χ3n) is 4.48. The fourth-order valence-electron chi connectivity index (χ4n) is 2.94. The largest absolute Gasteiger partial charge is 0.384 e. The Morgan fingerprint density at radius 1 is 0.923 bits per heavy atom. The Morgan fingerprint density at radius 3 is 2.50 bits per heavy atom. The fourth-order valence-corrected chi connectivity index (χ4v) is 2.94. The molecule has 0 bridgehead atoms. The summed E-state index contributed by atoms with van der Waals surface area (Å²) >= 11 is 0. The summed E-state index contributed by atoms with van der Waals surface area (Å²) in [5.41, 5.74) is 2.43. The van der Waals surface area contributed by atoms with Crippen LogP contribution in [0.3, 0.4) is 0 Å². The van der Waals surface area contributed by atoms with Crippen LogP contribution < -0.4 is 10.2 Å². The zero-order chi connectivity index (χ0) is 18.4. The van der Waals surface area contributed by atoms with Gasteiger partial charge in [0.15, 0.2) is 0 Å². The first-order chi connectivity index (χ1) is 12.6. The van der Waals surface area contributed by atoms with Crippen molar-refractivity contribution in [2.24, 2.45) is 0 Å². The van der Waals surface area contributed by atoms with Crippen molar-refractivity contribution in [2.75, 3.05) is 51.0 Å². The van der Waals surface area contributed by atoms with E-state index in [1.54, 1.807) is 0 Å². The van der Waals surface area contributed by atoms with Crippen LogP contribution in [0.5, 0.6) is 0 Å². The summed E-state index contributed by atoms with van der Waals surface area (Å²) in [7, 11) is 6.28. The smallest absolute Gasteiger partial charge is 0.136 e. The minimum Gasteiger partial charge on any atom is -0.384 e. The van der Waals surface area contributed by atoms with Crippen LogP contribution in [-0.2, 0) is 6.42 Å². The van der Waals surface area contributed by atoms with Gasteiger partial charge in [-0.15, -0.1) is 0 Å². The molecule has 0 radical (unpaired) electrons. The van der Waals surface area contributed by atoms with E-state index in [4.69, 9.17) is 0 Å². The number of pyridine rings is 2. The molecule has 0 unspecified atom stereocenters. The molecule has 0 saturated heterocycles. The van der Waals surface area contributed by atoms with E-state index in [1.807, 2.05) is 18.6 Å². The first-order valence-corrected chi connectivity index (χ1v) is 9.01. The first kappa shape index (κ1) is 18.1. The molecule has 0 aliphatic heterocycles. The van der Waals surface area contributed by atoms with Crippen LogP contribution in [-0.4, -0.2) is 55.6 Å². The van der Waals surface area contributed by atoms with E-state index in [2.05, 4.69) is 82.6 Å². The predicted molar refractivity (Wildman–Crippen MR) is 110 cm³/mol. The molecular weight excluding hydrogens is 322 g/mol. The number of hydrogen-bond acceptors (Lipinski definition) is 5. The van der Waals surface area contributed by atoms with Gasteiger partial charge in [-0.3, -0.25) is 4.98 Å². The first-order valence-electron chi connectivity index (χ1n) is 9.01. The maximum Gasteiger partial charge on any atom is 0.136 e. The molecule has 136 valence electrons. The van der Waals surface area contributed by atoms with E-state index in [1.165, 1.54) is 16.3 Å². The second-order valence-corrected chi connectivity index (χ2v) is 6.83. The summed E-state index contributed by atoms with van der Waals surface area (Å²) in [5, 5.41) is 5.89. The van der Waals surface area contributed by atoms with Gasteiger partial charge in [-0.05, 0) is 61.8 Å². The minimum absolute atomic E-state index is 0.911. The van der Waals surface area contributed by atoms with Crippen LogP contribution >= 0.6 is 0 Å². The van der Waals surface area contributed by atoms with Crippen LogP contribution in [0.15, 0.2) is 55.0 Å². The molecule has 3 aromatic rings. The van der Waals surface area contributed by atoms with Crippen molar-refractivity contribution < 1.29 is 0 Å². The lowest BCUT2D eigenvalue weighted by atomic mass is 10.1. The maximum atomic E-state index is 4.65. The maximum absolute atomic E-state index is 4.65. The number of hydrogen-bond donors (Lipinski definition) is 1. The van der Waals surface area contributed by atoms with Crippen molar-refractivity contribution in [2.45, 2.75) is 6.42 Å². The highest BCUT2D eigenvalue weighted by atomic mass is 15.2. The Hall–Kier alpha value is -2.66. The SMILES string of the molecule is CN(C)CCNc1ccc2ccnc(N(C)CCc3ccncc3)c2c1. The molecular formula is C21H27N5. The number of anilines is 2. The number of benzene rings is 1. The summed E-state index contributed by atoms with van der Waals surface area (Å²) in [6.45, 7) is 2.84. The van der Waals surface area contributed by atoms with Gasteiger partial charge >= 0.3 is 0 Å². The van der Waals surface area contributed by atoms with Gasteiger partial charge in [0, 0.05) is 56.3 Å². The summed E-state index contributed by atoms with van der Waals surface area (Å²) in [5.74, 6) is 1.02. The molecule has 1 N–H and O–H groups in total. The molecule has 0 fully saturated rings. The van der Waals surface area contributed by atoms with Crippen LogP contribution in [0.4, 0.5) is 11.5 Å². The highest BCUT2D eigenvalue weighted by molar-refractivity contribution is 5.94. The summed E-state index contributed by atoms with van der Waals surface area (Å²) in [6.07, 6.45) is 6.55. The fraction of sp³-hybridized carbons (Fsp3) is 0.333. The molecule has 2 heterocycles. The third-order valence-corrected chi connectivity index (χ3v) is 4.48. The van der Waals surface area contributed by atoms with Gasteiger partial charge in [0.05, 0.1) is 0 Å². The van der Waals surface area contributed by atoms with E-state index in [-0.39, 0.29) is 0 Å². The Kier molecular flexibility index (Phi) is 6.02. The summed E-state index contributed by atoms with van der Waals surface area (Å²) in [6, 6.07) is 12.7. The lowest BCUT2D eigenvalue weighted by Gasteiger charge is -2.20.